The van der Waals surface area contributed by atoms with Crippen LogP contribution in [-0.4, -0.2) is 21.8 Å². The van der Waals surface area contributed by atoms with Crippen molar-refractivity contribution in [3.05, 3.63) is 48.7 Å². The van der Waals surface area contributed by atoms with Crippen molar-refractivity contribution in [3.8, 4) is 0 Å². The summed E-state index contributed by atoms with van der Waals surface area (Å²) >= 11 is 0. The summed E-state index contributed by atoms with van der Waals surface area (Å²) < 4.78 is 14.4. The van der Waals surface area contributed by atoms with Gasteiger partial charge in [-0.25, -0.2) is 9.37 Å². The third-order valence-electron chi connectivity index (χ3n) is 2.05. The number of nitrogens with one attached hydrogen (secondary N) is 1. The minimum atomic E-state index is -0.372. The highest BCUT2D eigenvalue weighted by molar-refractivity contribution is 5.92. The summed E-state index contributed by atoms with van der Waals surface area (Å²) in [5.74, 6) is -0.674. The molecule has 0 unspecified atom stereocenters. The zero-order valence-electron chi connectivity index (χ0n) is 8.48. The summed E-state index contributed by atoms with van der Waals surface area (Å²) in [7, 11) is 0. The molecule has 5 heteroatoms. The fourth-order valence-electron chi connectivity index (χ4n) is 1.33. The fourth-order valence-corrected chi connectivity index (χ4v) is 1.33. The van der Waals surface area contributed by atoms with Crippen LogP contribution in [0, 0.1) is 5.82 Å². The Kier molecular flexibility index (Phi) is 2.68. The number of imidazole rings is 1. The molecule has 0 spiro atoms. The molecule has 4 nitrogen and oxygen atoms in total. The molecular formula is C11H10FN3O. The summed E-state index contributed by atoms with van der Waals surface area (Å²) in [4.78, 5) is 15.6. The number of rotatable bonds is 3. The van der Waals surface area contributed by atoms with Gasteiger partial charge >= 0.3 is 0 Å². The highest BCUT2D eigenvalue weighted by Crippen LogP contribution is 2.06. The molecule has 2 heterocycles. The van der Waals surface area contributed by atoms with Gasteiger partial charge < -0.3 is 9.72 Å². The zero-order valence-corrected chi connectivity index (χ0v) is 8.48. The lowest BCUT2D eigenvalue weighted by Gasteiger charge is -1.96. The maximum atomic E-state index is 12.9. The van der Waals surface area contributed by atoms with Crippen LogP contribution in [0.3, 0.4) is 0 Å². The fraction of sp³-hybridized carbons (Fsp3) is 0.0909. The van der Waals surface area contributed by atoms with Crippen molar-refractivity contribution in [2.24, 2.45) is 0 Å². The maximum Gasteiger partial charge on any atom is 0.271 e. The predicted octanol–water partition coefficient (Wildman–Crippen LogP) is 1.39. The van der Waals surface area contributed by atoms with Gasteiger partial charge in [0.05, 0.1) is 0 Å². The van der Waals surface area contributed by atoms with E-state index in [0.717, 1.165) is 0 Å². The Bertz CT molecular complexity index is 547. The number of amides is 1. The largest absolute Gasteiger partial charge is 0.347 e. The Labute approximate surface area is 91.4 Å². The highest BCUT2D eigenvalue weighted by Gasteiger charge is 2.09. The number of pyridine rings is 1. The van der Waals surface area contributed by atoms with Gasteiger partial charge in [-0.05, 0) is 12.1 Å². The van der Waals surface area contributed by atoms with Crippen molar-refractivity contribution >= 4 is 11.6 Å². The van der Waals surface area contributed by atoms with Crippen molar-refractivity contribution in [2.75, 3.05) is 6.54 Å². The molecule has 2 aromatic rings. The van der Waals surface area contributed by atoms with Crippen LogP contribution in [-0.2, 0) is 0 Å². The topological polar surface area (TPSA) is 46.4 Å². The molecule has 0 bridgehead atoms. The van der Waals surface area contributed by atoms with Crippen molar-refractivity contribution < 1.29 is 9.18 Å². The van der Waals surface area contributed by atoms with E-state index in [4.69, 9.17) is 0 Å². The van der Waals surface area contributed by atoms with E-state index in [9.17, 15) is 9.18 Å². The monoisotopic (exact) mass is 219 g/mol. The van der Waals surface area contributed by atoms with Gasteiger partial charge in [-0.15, -0.1) is 6.58 Å². The standard InChI is InChI=1S/C11H10FN3O/c1-2-5-13-11(16)9-7-15-6-8(12)3-4-10(15)14-9/h2-4,6-7H,1,5H2,(H,13,16). The molecule has 16 heavy (non-hydrogen) atoms. The number of hydrogen-bond donors (Lipinski definition) is 1. The lowest BCUT2D eigenvalue weighted by molar-refractivity contribution is 0.0953. The van der Waals surface area contributed by atoms with Gasteiger partial charge in [0.25, 0.3) is 5.91 Å². The zero-order chi connectivity index (χ0) is 11.5. The lowest BCUT2D eigenvalue weighted by atomic mass is 10.4. The van der Waals surface area contributed by atoms with Crippen LogP contribution in [0.25, 0.3) is 5.65 Å². The first-order valence-electron chi connectivity index (χ1n) is 4.74. The first-order chi connectivity index (χ1) is 7.70. The quantitative estimate of drug-likeness (QED) is 0.793. The lowest BCUT2D eigenvalue weighted by Crippen LogP contribution is -2.23. The SMILES string of the molecule is C=CCNC(=O)c1cn2cc(F)ccc2n1. The van der Waals surface area contributed by atoms with Crippen molar-refractivity contribution in [3.63, 3.8) is 0 Å². The van der Waals surface area contributed by atoms with Gasteiger partial charge in [0.15, 0.2) is 0 Å². The minimum Gasteiger partial charge on any atom is -0.347 e. The summed E-state index contributed by atoms with van der Waals surface area (Å²) in [5, 5.41) is 2.60. The Morgan fingerprint density at radius 1 is 1.56 bits per heavy atom. The molecule has 0 saturated carbocycles. The van der Waals surface area contributed by atoms with Gasteiger partial charge in [-0.2, -0.15) is 0 Å². The predicted molar refractivity (Wildman–Crippen MR) is 57.7 cm³/mol. The first kappa shape index (κ1) is 10.4. The molecule has 0 saturated heterocycles. The molecule has 82 valence electrons. The van der Waals surface area contributed by atoms with Crippen LogP contribution in [0.5, 0.6) is 0 Å². The molecule has 0 atom stereocenters. The second-order valence-corrected chi connectivity index (χ2v) is 3.24. The molecule has 0 fully saturated rings. The van der Waals surface area contributed by atoms with E-state index in [1.54, 1.807) is 6.08 Å². The van der Waals surface area contributed by atoms with Crippen molar-refractivity contribution in [1.29, 1.82) is 0 Å². The second-order valence-electron chi connectivity index (χ2n) is 3.24. The molecule has 1 amide bonds. The average molecular weight is 219 g/mol. The number of carbonyl (C=O) groups excluding carboxylic acids is 1. The summed E-state index contributed by atoms with van der Waals surface area (Å²) in [6.45, 7) is 3.87. The van der Waals surface area contributed by atoms with Crippen LogP contribution < -0.4 is 5.32 Å². The van der Waals surface area contributed by atoms with E-state index >= 15 is 0 Å². The molecule has 0 aliphatic rings. The Morgan fingerprint density at radius 3 is 3.12 bits per heavy atom. The van der Waals surface area contributed by atoms with Crippen molar-refractivity contribution in [2.45, 2.75) is 0 Å². The summed E-state index contributed by atoms with van der Waals surface area (Å²) in [6.07, 6.45) is 4.33. The summed E-state index contributed by atoms with van der Waals surface area (Å²) in [5.41, 5.74) is 0.789. The number of fused-ring (bicyclic) bond motifs is 1. The molecule has 2 aromatic heterocycles. The van der Waals surface area contributed by atoms with Crippen molar-refractivity contribution in [1.82, 2.24) is 14.7 Å². The van der Waals surface area contributed by atoms with Gasteiger partial charge in [0.1, 0.15) is 17.2 Å². The van der Waals surface area contributed by atoms with Gasteiger partial charge in [0.2, 0.25) is 0 Å². The molecule has 1 N–H and O–H groups in total. The number of halogens is 1. The van der Waals surface area contributed by atoms with Crippen LogP contribution in [0.15, 0.2) is 37.2 Å². The third-order valence-corrected chi connectivity index (χ3v) is 2.05. The molecule has 0 radical (unpaired) electrons. The average Bonchev–Trinajstić information content (AvgIpc) is 2.68. The van der Waals surface area contributed by atoms with E-state index < -0.39 is 0 Å². The molecule has 0 aromatic carbocycles. The minimum absolute atomic E-state index is 0.257. The number of nitrogens with zero attached hydrogens (tertiary/aromatic N) is 2. The van der Waals surface area contributed by atoms with Crippen LogP contribution in [0.1, 0.15) is 10.5 Å². The Morgan fingerprint density at radius 2 is 2.38 bits per heavy atom. The van der Waals surface area contributed by atoms with E-state index in [-0.39, 0.29) is 17.4 Å². The van der Waals surface area contributed by atoms with Crippen LogP contribution in [0.4, 0.5) is 4.39 Å². The Balaban J connectivity index is 2.32. The highest BCUT2D eigenvalue weighted by atomic mass is 19.1. The van der Waals surface area contributed by atoms with Gasteiger partial charge in [0, 0.05) is 18.9 Å². The number of carbonyl (C=O) groups is 1. The molecule has 0 aliphatic carbocycles. The van der Waals surface area contributed by atoms with E-state index in [0.29, 0.717) is 12.2 Å². The molecule has 0 aliphatic heterocycles. The smallest absolute Gasteiger partial charge is 0.271 e. The first-order valence-corrected chi connectivity index (χ1v) is 4.74. The maximum absolute atomic E-state index is 12.9. The normalized spacial score (nSPS) is 10.3. The van der Waals surface area contributed by atoms with Crippen LogP contribution >= 0.6 is 0 Å². The van der Waals surface area contributed by atoms with E-state index in [1.807, 2.05) is 0 Å². The van der Waals surface area contributed by atoms with Gasteiger partial charge in [-0.3, -0.25) is 4.79 Å². The van der Waals surface area contributed by atoms with E-state index in [1.165, 1.54) is 28.9 Å². The molecule has 2 rings (SSSR count). The Hall–Kier alpha value is -2.17. The van der Waals surface area contributed by atoms with Gasteiger partial charge in [-0.1, -0.05) is 6.08 Å². The summed E-state index contributed by atoms with van der Waals surface area (Å²) in [6, 6.07) is 2.81. The van der Waals surface area contributed by atoms with Crippen LogP contribution in [0.2, 0.25) is 0 Å². The number of hydrogen-bond acceptors (Lipinski definition) is 2. The number of aromatic nitrogens is 2. The molecular weight excluding hydrogens is 209 g/mol. The second kappa shape index (κ2) is 4.14. The van der Waals surface area contributed by atoms with E-state index in [2.05, 4.69) is 16.9 Å². The third kappa shape index (κ3) is 1.93.